The van der Waals surface area contributed by atoms with E-state index in [0.29, 0.717) is 0 Å². The maximum Gasteiger partial charge on any atom is 0.407 e. The van der Waals surface area contributed by atoms with Crippen molar-refractivity contribution in [3.05, 3.63) is 59.7 Å². The Hall–Kier alpha value is -3.53. The van der Waals surface area contributed by atoms with Crippen LogP contribution < -0.4 is 10.6 Å². The maximum atomic E-state index is 14.0. The fourth-order valence-corrected chi connectivity index (χ4v) is 3.50. The number of hydrogen-bond acceptors (Lipinski definition) is 5. The quantitative estimate of drug-likeness (QED) is 0.543. The number of benzene rings is 2. The van der Waals surface area contributed by atoms with E-state index in [1.807, 2.05) is 53.8 Å². The summed E-state index contributed by atoms with van der Waals surface area (Å²) in [6, 6.07) is 15.3. The fraction of sp³-hybridized carbons (Fsp3) is 0.318. The van der Waals surface area contributed by atoms with Crippen molar-refractivity contribution in [3.8, 4) is 11.1 Å². The predicted octanol–water partition coefficient (Wildman–Crippen LogP) is 2.38. The molecule has 0 bridgehead atoms. The van der Waals surface area contributed by atoms with E-state index < -0.39 is 43.1 Å². The van der Waals surface area contributed by atoms with E-state index in [1.54, 1.807) is 5.32 Å². The standard InChI is InChI=1S/C22H22F2N2O6/c1-31-18(19(27)28)10-25-20(29)22(23,24)12-26-21(30)32-11-17-15-8-4-2-6-13(15)14-7-3-5-9-16(14)17/h2-9,17-18H,10-12H2,1H3,(H,25,29)(H,26,30)(H,27,28). The molecule has 8 nitrogen and oxygen atoms in total. The molecule has 2 aromatic rings. The molecule has 3 N–H and O–H groups in total. The Balaban J connectivity index is 1.53. The van der Waals surface area contributed by atoms with E-state index in [2.05, 4.69) is 4.74 Å². The number of ether oxygens (including phenoxy) is 2. The van der Waals surface area contributed by atoms with Crippen LogP contribution in [0.4, 0.5) is 13.6 Å². The second kappa shape index (κ2) is 9.73. The second-order valence-electron chi connectivity index (χ2n) is 7.16. The molecule has 2 aromatic carbocycles. The van der Waals surface area contributed by atoms with Gasteiger partial charge in [-0.3, -0.25) is 4.79 Å². The van der Waals surface area contributed by atoms with Gasteiger partial charge < -0.3 is 25.2 Å². The molecule has 32 heavy (non-hydrogen) atoms. The number of carboxylic acids is 1. The molecule has 0 spiro atoms. The van der Waals surface area contributed by atoms with Crippen LogP contribution in [0.3, 0.4) is 0 Å². The van der Waals surface area contributed by atoms with Gasteiger partial charge in [-0.2, -0.15) is 8.78 Å². The van der Waals surface area contributed by atoms with E-state index >= 15 is 0 Å². The van der Waals surface area contributed by atoms with Gasteiger partial charge in [0.1, 0.15) is 6.61 Å². The van der Waals surface area contributed by atoms with Gasteiger partial charge in [0.2, 0.25) is 0 Å². The van der Waals surface area contributed by atoms with E-state index in [4.69, 9.17) is 9.84 Å². The third-order valence-electron chi connectivity index (χ3n) is 5.14. The van der Waals surface area contributed by atoms with Crippen molar-refractivity contribution < 1.29 is 37.7 Å². The number of amides is 2. The molecule has 1 atom stereocenters. The van der Waals surface area contributed by atoms with Gasteiger partial charge in [-0.25, -0.2) is 9.59 Å². The van der Waals surface area contributed by atoms with Crippen molar-refractivity contribution in [2.75, 3.05) is 26.8 Å². The number of rotatable bonds is 9. The average Bonchev–Trinajstić information content (AvgIpc) is 3.10. The van der Waals surface area contributed by atoms with Gasteiger partial charge in [-0.05, 0) is 22.3 Å². The molecule has 170 valence electrons. The highest BCUT2D eigenvalue weighted by Crippen LogP contribution is 2.44. The first-order valence-corrected chi connectivity index (χ1v) is 9.75. The van der Waals surface area contributed by atoms with Gasteiger partial charge in [0.25, 0.3) is 5.91 Å². The zero-order valence-corrected chi connectivity index (χ0v) is 17.1. The third kappa shape index (κ3) is 5.02. The largest absolute Gasteiger partial charge is 0.479 e. The Kier molecular flexibility index (Phi) is 7.04. The van der Waals surface area contributed by atoms with Gasteiger partial charge in [-0.15, -0.1) is 0 Å². The molecular formula is C22H22F2N2O6. The summed E-state index contributed by atoms with van der Waals surface area (Å²) >= 11 is 0. The van der Waals surface area contributed by atoms with E-state index in [1.165, 1.54) is 0 Å². The van der Waals surface area contributed by atoms with Crippen molar-refractivity contribution >= 4 is 18.0 Å². The summed E-state index contributed by atoms with van der Waals surface area (Å²) in [5, 5.41) is 12.5. The second-order valence-corrected chi connectivity index (χ2v) is 7.16. The number of carboxylic acid groups (broad SMARTS) is 1. The molecule has 0 fully saturated rings. The molecule has 0 heterocycles. The van der Waals surface area contributed by atoms with Gasteiger partial charge in [0, 0.05) is 13.0 Å². The number of carbonyl (C=O) groups excluding carboxylic acids is 2. The molecular weight excluding hydrogens is 426 g/mol. The topological polar surface area (TPSA) is 114 Å². The highest BCUT2D eigenvalue weighted by molar-refractivity contribution is 5.85. The Labute approximate surface area is 182 Å². The summed E-state index contributed by atoms with van der Waals surface area (Å²) in [7, 11) is 1.07. The van der Waals surface area contributed by atoms with Crippen LogP contribution in [0.25, 0.3) is 11.1 Å². The number of nitrogens with one attached hydrogen (secondary N) is 2. The number of hydrogen-bond donors (Lipinski definition) is 3. The Morgan fingerprint density at radius 3 is 2.12 bits per heavy atom. The first-order chi connectivity index (χ1) is 15.2. The first-order valence-electron chi connectivity index (χ1n) is 9.75. The highest BCUT2D eigenvalue weighted by Gasteiger charge is 2.40. The maximum absolute atomic E-state index is 14.0. The highest BCUT2D eigenvalue weighted by atomic mass is 19.3. The first kappa shape index (κ1) is 23.1. The molecule has 0 aliphatic heterocycles. The molecule has 0 aromatic heterocycles. The van der Waals surface area contributed by atoms with Crippen LogP contribution in [0.5, 0.6) is 0 Å². The van der Waals surface area contributed by atoms with E-state index in [0.717, 1.165) is 29.4 Å². The zero-order valence-electron chi connectivity index (χ0n) is 17.1. The fourth-order valence-electron chi connectivity index (χ4n) is 3.50. The number of carbonyl (C=O) groups is 3. The van der Waals surface area contributed by atoms with Crippen LogP contribution in [-0.4, -0.2) is 61.9 Å². The van der Waals surface area contributed by atoms with Crippen molar-refractivity contribution in [1.29, 1.82) is 0 Å². The van der Waals surface area contributed by atoms with Crippen LogP contribution in [0.1, 0.15) is 17.0 Å². The Bertz CT molecular complexity index is 968. The number of alkyl halides is 2. The summed E-state index contributed by atoms with van der Waals surface area (Å²) < 4.78 is 37.7. The lowest BCUT2D eigenvalue weighted by atomic mass is 9.98. The summed E-state index contributed by atoms with van der Waals surface area (Å²) in [5.41, 5.74) is 3.99. The number of alkyl carbamates (subject to hydrolysis) is 1. The normalized spacial score (nSPS) is 13.6. The lowest BCUT2D eigenvalue weighted by molar-refractivity contribution is -0.150. The minimum Gasteiger partial charge on any atom is -0.479 e. The molecule has 1 aliphatic carbocycles. The molecule has 10 heteroatoms. The van der Waals surface area contributed by atoms with Gasteiger partial charge in [0.05, 0.1) is 13.1 Å². The van der Waals surface area contributed by atoms with E-state index in [-0.39, 0.29) is 12.5 Å². The SMILES string of the molecule is COC(CNC(=O)C(F)(F)CNC(=O)OCC1c2ccccc2-c2ccccc21)C(=O)O. The van der Waals surface area contributed by atoms with Crippen LogP contribution in [0.15, 0.2) is 48.5 Å². The number of methoxy groups -OCH3 is 1. The van der Waals surface area contributed by atoms with Crippen molar-refractivity contribution in [2.24, 2.45) is 0 Å². The average molecular weight is 448 g/mol. The van der Waals surface area contributed by atoms with Gasteiger partial charge >= 0.3 is 18.0 Å². The summed E-state index contributed by atoms with van der Waals surface area (Å²) in [4.78, 5) is 34.5. The Morgan fingerprint density at radius 1 is 1.03 bits per heavy atom. The molecule has 0 saturated heterocycles. The van der Waals surface area contributed by atoms with Gasteiger partial charge in [-0.1, -0.05) is 48.5 Å². The number of aliphatic carboxylic acids is 1. The van der Waals surface area contributed by atoms with Crippen LogP contribution in [0, 0.1) is 0 Å². The van der Waals surface area contributed by atoms with Gasteiger partial charge in [0.15, 0.2) is 6.10 Å². The molecule has 1 aliphatic rings. The van der Waals surface area contributed by atoms with E-state index in [9.17, 15) is 23.2 Å². The minimum atomic E-state index is -3.97. The van der Waals surface area contributed by atoms with Crippen LogP contribution >= 0.6 is 0 Å². The minimum absolute atomic E-state index is 0.0637. The third-order valence-corrected chi connectivity index (χ3v) is 5.14. The molecule has 2 amide bonds. The molecule has 0 saturated carbocycles. The predicted molar refractivity (Wildman–Crippen MR) is 109 cm³/mol. The lowest BCUT2D eigenvalue weighted by Crippen LogP contribution is -2.50. The van der Waals surface area contributed by atoms with Crippen LogP contribution in [0.2, 0.25) is 0 Å². The number of halogens is 2. The number of fused-ring (bicyclic) bond motifs is 3. The lowest BCUT2D eigenvalue weighted by Gasteiger charge is -2.19. The van der Waals surface area contributed by atoms with Crippen molar-refractivity contribution in [2.45, 2.75) is 17.9 Å². The Morgan fingerprint density at radius 2 is 1.59 bits per heavy atom. The van der Waals surface area contributed by atoms with Crippen molar-refractivity contribution in [1.82, 2.24) is 10.6 Å². The summed E-state index contributed by atoms with van der Waals surface area (Å²) in [5.74, 6) is -7.35. The summed E-state index contributed by atoms with van der Waals surface area (Å²) in [6.45, 7) is -2.02. The van der Waals surface area contributed by atoms with Crippen molar-refractivity contribution in [3.63, 3.8) is 0 Å². The monoisotopic (exact) mass is 448 g/mol. The molecule has 3 rings (SSSR count). The zero-order chi connectivity index (χ0) is 23.3. The van der Waals surface area contributed by atoms with Crippen LogP contribution in [-0.2, 0) is 19.1 Å². The summed E-state index contributed by atoms with van der Waals surface area (Å²) in [6.07, 6.45) is -2.57. The molecule has 0 radical (unpaired) electrons. The smallest absolute Gasteiger partial charge is 0.407 e. The molecule has 1 unspecified atom stereocenters.